The molecule has 2 rings (SSSR count). The minimum Gasteiger partial charge on any atom is -0.437 e. The fourth-order valence-electron chi connectivity index (χ4n) is 1.48. The first kappa shape index (κ1) is 12.6. The molecular formula is C12H12ClN3O2. The number of benzene rings is 1. The van der Waals surface area contributed by atoms with Crippen LogP contribution in [0.2, 0.25) is 5.02 Å². The Morgan fingerprint density at radius 2 is 2.22 bits per heavy atom. The first-order chi connectivity index (χ1) is 8.72. The molecule has 0 aliphatic carbocycles. The van der Waals surface area contributed by atoms with Gasteiger partial charge in [-0.3, -0.25) is 4.79 Å². The smallest absolute Gasteiger partial charge is 0.273 e. The maximum atomic E-state index is 11.3. The highest BCUT2D eigenvalue weighted by molar-refractivity contribution is 6.31. The summed E-state index contributed by atoms with van der Waals surface area (Å²) in [6.07, 6.45) is 1.25. The average Bonchev–Trinajstić information content (AvgIpc) is 2.37. The summed E-state index contributed by atoms with van der Waals surface area (Å²) in [5.74, 6) is 0.718. The maximum absolute atomic E-state index is 11.3. The molecule has 0 aliphatic rings. The van der Waals surface area contributed by atoms with Crippen molar-refractivity contribution in [3.8, 4) is 11.6 Å². The molecule has 6 heteroatoms. The van der Waals surface area contributed by atoms with Crippen LogP contribution in [0.5, 0.6) is 11.6 Å². The lowest BCUT2D eigenvalue weighted by atomic mass is 10.2. The quantitative estimate of drug-likeness (QED) is 0.887. The van der Waals surface area contributed by atoms with E-state index in [4.69, 9.17) is 16.3 Å². The molecule has 0 saturated carbocycles. The second-order valence-corrected chi connectivity index (χ2v) is 3.97. The number of ether oxygens (including phenoxy) is 1. The van der Waals surface area contributed by atoms with E-state index < -0.39 is 5.56 Å². The number of hydrogen-bond acceptors (Lipinski definition) is 4. The molecule has 0 saturated heterocycles. The van der Waals surface area contributed by atoms with E-state index in [1.807, 2.05) is 25.2 Å². The number of para-hydroxylation sites is 1. The summed E-state index contributed by atoms with van der Waals surface area (Å²) in [4.78, 5) is 17.6. The van der Waals surface area contributed by atoms with Gasteiger partial charge >= 0.3 is 0 Å². The van der Waals surface area contributed by atoms with Crippen LogP contribution in [0.15, 0.2) is 35.4 Å². The van der Waals surface area contributed by atoms with Crippen LogP contribution in [0.25, 0.3) is 0 Å². The molecule has 0 unspecified atom stereocenters. The molecule has 1 aromatic carbocycles. The monoisotopic (exact) mass is 265 g/mol. The molecule has 94 valence electrons. The van der Waals surface area contributed by atoms with Crippen molar-refractivity contribution in [1.82, 2.24) is 15.3 Å². The minimum atomic E-state index is -0.423. The summed E-state index contributed by atoms with van der Waals surface area (Å²) in [5.41, 5.74) is 0.533. The lowest BCUT2D eigenvalue weighted by molar-refractivity contribution is 0.453. The van der Waals surface area contributed by atoms with Crippen molar-refractivity contribution < 1.29 is 4.74 Å². The minimum absolute atomic E-state index is 0.0586. The van der Waals surface area contributed by atoms with Crippen LogP contribution in [-0.4, -0.2) is 17.0 Å². The molecule has 2 aromatic rings. The highest BCUT2D eigenvalue weighted by Gasteiger charge is 2.10. The van der Waals surface area contributed by atoms with Gasteiger partial charge in [-0.2, -0.15) is 0 Å². The van der Waals surface area contributed by atoms with Crippen molar-refractivity contribution >= 4 is 11.6 Å². The predicted octanol–water partition coefficient (Wildman–Crippen LogP) is 1.93. The van der Waals surface area contributed by atoms with Gasteiger partial charge in [0.2, 0.25) is 5.88 Å². The average molecular weight is 266 g/mol. The lowest BCUT2D eigenvalue weighted by Crippen LogP contribution is -2.09. The van der Waals surface area contributed by atoms with E-state index in [9.17, 15) is 4.79 Å². The molecule has 0 amide bonds. The van der Waals surface area contributed by atoms with E-state index in [-0.39, 0.29) is 10.9 Å². The van der Waals surface area contributed by atoms with Crippen LogP contribution in [0.1, 0.15) is 5.56 Å². The van der Waals surface area contributed by atoms with Gasteiger partial charge in [0, 0.05) is 12.1 Å². The molecule has 0 atom stereocenters. The summed E-state index contributed by atoms with van der Waals surface area (Å²) in [6, 6.07) is 7.47. The van der Waals surface area contributed by atoms with Crippen LogP contribution >= 0.6 is 11.6 Å². The Morgan fingerprint density at radius 1 is 1.44 bits per heavy atom. The third-order valence-electron chi connectivity index (χ3n) is 2.31. The Hall–Kier alpha value is -1.85. The number of aromatic amines is 1. The molecular weight excluding hydrogens is 254 g/mol. The van der Waals surface area contributed by atoms with E-state index in [1.165, 1.54) is 6.33 Å². The third-order valence-corrected chi connectivity index (χ3v) is 2.64. The normalized spacial score (nSPS) is 10.3. The summed E-state index contributed by atoms with van der Waals surface area (Å²) in [6.45, 7) is 0.650. The zero-order valence-corrected chi connectivity index (χ0v) is 10.5. The van der Waals surface area contributed by atoms with E-state index >= 15 is 0 Å². The number of halogens is 1. The van der Waals surface area contributed by atoms with Gasteiger partial charge in [0.25, 0.3) is 5.56 Å². The van der Waals surface area contributed by atoms with E-state index in [1.54, 1.807) is 6.07 Å². The Kier molecular flexibility index (Phi) is 3.96. The Balaban J connectivity index is 2.34. The molecule has 18 heavy (non-hydrogen) atoms. The Morgan fingerprint density at radius 3 is 3.00 bits per heavy atom. The van der Waals surface area contributed by atoms with Gasteiger partial charge in [-0.15, -0.1) is 0 Å². The number of rotatable bonds is 4. The molecule has 2 N–H and O–H groups in total. The lowest BCUT2D eigenvalue weighted by Gasteiger charge is -2.10. The van der Waals surface area contributed by atoms with Crippen molar-refractivity contribution in [3.63, 3.8) is 0 Å². The number of H-pyrrole nitrogens is 1. The van der Waals surface area contributed by atoms with Gasteiger partial charge in [0.15, 0.2) is 5.02 Å². The number of aromatic nitrogens is 2. The highest BCUT2D eigenvalue weighted by Crippen LogP contribution is 2.26. The predicted molar refractivity (Wildman–Crippen MR) is 69.1 cm³/mol. The van der Waals surface area contributed by atoms with Crippen LogP contribution < -0.4 is 15.6 Å². The van der Waals surface area contributed by atoms with E-state index in [2.05, 4.69) is 15.3 Å². The van der Waals surface area contributed by atoms with Crippen LogP contribution in [0.4, 0.5) is 0 Å². The molecule has 0 radical (unpaired) electrons. The van der Waals surface area contributed by atoms with Crippen LogP contribution in [0.3, 0.4) is 0 Å². The molecule has 1 heterocycles. The summed E-state index contributed by atoms with van der Waals surface area (Å²) in [5, 5.41) is 2.98. The fourth-order valence-corrected chi connectivity index (χ4v) is 1.62. The van der Waals surface area contributed by atoms with Crippen molar-refractivity contribution in [2.75, 3.05) is 7.05 Å². The Bertz CT molecular complexity index is 598. The molecule has 1 aromatic heterocycles. The van der Waals surface area contributed by atoms with Gasteiger partial charge in [-0.1, -0.05) is 29.8 Å². The van der Waals surface area contributed by atoms with E-state index in [0.717, 1.165) is 5.56 Å². The SMILES string of the molecule is CNCc1ccccc1Oc1nc[nH]c(=O)c1Cl. The first-order valence-electron chi connectivity index (χ1n) is 5.36. The van der Waals surface area contributed by atoms with Gasteiger partial charge in [0.1, 0.15) is 5.75 Å². The maximum Gasteiger partial charge on any atom is 0.273 e. The molecule has 0 spiro atoms. The second-order valence-electron chi connectivity index (χ2n) is 3.59. The fraction of sp³-hybridized carbons (Fsp3) is 0.167. The van der Waals surface area contributed by atoms with Gasteiger partial charge < -0.3 is 15.0 Å². The van der Waals surface area contributed by atoms with Crippen molar-refractivity contribution in [3.05, 3.63) is 51.5 Å². The largest absolute Gasteiger partial charge is 0.437 e. The van der Waals surface area contributed by atoms with Gasteiger partial charge in [-0.05, 0) is 13.1 Å². The number of hydrogen-bond donors (Lipinski definition) is 2. The third kappa shape index (κ3) is 2.69. The zero-order valence-electron chi connectivity index (χ0n) is 9.74. The standard InChI is InChI=1S/C12H12ClN3O2/c1-14-6-8-4-2-3-5-9(8)18-12-10(13)11(17)15-7-16-12/h2-5,7,14H,6H2,1H3,(H,15,16,17). The first-order valence-corrected chi connectivity index (χ1v) is 5.73. The second kappa shape index (κ2) is 5.66. The van der Waals surface area contributed by atoms with Crippen molar-refractivity contribution in [2.45, 2.75) is 6.54 Å². The summed E-state index contributed by atoms with van der Waals surface area (Å²) in [7, 11) is 1.84. The molecule has 0 bridgehead atoms. The Labute approximate surface area is 109 Å². The molecule has 0 fully saturated rings. The van der Waals surface area contributed by atoms with Crippen molar-refractivity contribution in [2.24, 2.45) is 0 Å². The highest BCUT2D eigenvalue weighted by atomic mass is 35.5. The van der Waals surface area contributed by atoms with Gasteiger partial charge in [0.05, 0.1) is 6.33 Å². The van der Waals surface area contributed by atoms with Crippen LogP contribution in [-0.2, 0) is 6.54 Å². The van der Waals surface area contributed by atoms with E-state index in [0.29, 0.717) is 12.3 Å². The summed E-state index contributed by atoms with van der Waals surface area (Å²) >= 11 is 5.83. The van der Waals surface area contributed by atoms with Gasteiger partial charge in [-0.25, -0.2) is 4.98 Å². The summed E-state index contributed by atoms with van der Waals surface area (Å²) < 4.78 is 5.57. The molecule has 0 aliphatic heterocycles. The zero-order chi connectivity index (χ0) is 13.0. The number of nitrogens with zero attached hydrogens (tertiary/aromatic N) is 1. The number of nitrogens with one attached hydrogen (secondary N) is 2. The van der Waals surface area contributed by atoms with Crippen LogP contribution in [0, 0.1) is 0 Å². The van der Waals surface area contributed by atoms with Crippen molar-refractivity contribution in [1.29, 1.82) is 0 Å². The molecule has 5 nitrogen and oxygen atoms in total. The topological polar surface area (TPSA) is 67.0 Å².